The summed E-state index contributed by atoms with van der Waals surface area (Å²) in [5.74, 6) is 3.68. The van der Waals surface area contributed by atoms with Gasteiger partial charge in [0.1, 0.15) is 0 Å². The highest BCUT2D eigenvalue weighted by Crippen LogP contribution is 2.60. The van der Waals surface area contributed by atoms with E-state index in [0.29, 0.717) is 5.41 Å². The molecule has 4 heteroatoms. The number of anilines is 1. The van der Waals surface area contributed by atoms with Gasteiger partial charge in [0.15, 0.2) is 0 Å². The Balaban J connectivity index is 1.60. The maximum absolute atomic E-state index is 5.51. The van der Waals surface area contributed by atoms with Gasteiger partial charge in [-0.2, -0.15) is 0 Å². The fourth-order valence-corrected chi connectivity index (χ4v) is 5.17. The Bertz CT molecular complexity index is 404. The summed E-state index contributed by atoms with van der Waals surface area (Å²) in [7, 11) is 0. The molecule has 4 aliphatic carbocycles. The predicted molar refractivity (Wildman–Crippen MR) is 63.0 cm³/mol. The Hall–Kier alpha value is -1.06. The van der Waals surface area contributed by atoms with Crippen molar-refractivity contribution in [2.24, 2.45) is 23.2 Å². The number of nitrogens with zero attached hydrogens (tertiary/aromatic N) is 2. The summed E-state index contributed by atoms with van der Waals surface area (Å²) in [6, 6.07) is 0.213. The summed E-state index contributed by atoms with van der Waals surface area (Å²) in [5, 5.41) is 7.83. The van der Waals surface area contributed by atoms with Gasteiger partial charge >= 0.3 is 6.01 Å². The minimum Gasteiger partial charge on any atom is -0.408 e. The molecule has 0 radical (unpaired) electrons. The minimum absolute atomic E-state index is 0.213. The van der Waals surface area contributed by atoms with Crippen LogP contribution in [0.5, 0.6) is 0 Å². The zero-order chi connectivity index (χ0) is 11.5. The number of nitrogen functional groups attached to an aromatic ring is 1. The third-order valence-electron chi connectivity index (χ3n) is 5.17. The zero-order valence-electron chi connectivity index (χ0n) is 10.1. The lowest BCUT2D eigenvalue weighted by atomic mass is 9.49. The largest absolute Gasteiger partial charge is 0.408 e. The van der Waals surface area contributed by atoms with Crippen molar-refractivity contribution in [3.8, 4) is 0 Å². The van der Waals surface area contributed by atoms with E-state index >= 15 is 0 Å². The van der Waals surface area contributed by atoms with Crippen molar-refractivity contribution in [1.82, 2.24) is 10.2 Å². The first kappa shape index (κ1) is 9.92. The Kier molecular flexibility index (Phi) is 1.89. The standard InChI is InChI=1S/C13H19N3O/c14-12-16-15-11(17-12)7-13-4-8-1-9(5-13)3-10(2-8)6-13/h8-10H,1-7H2,(H2,14,16). The van der Waals surface area contributed by atoms with Crippen LogP contribution in [-0.2, 0) is 6.42 Å². The first-order chi connectivity index (χ1) is 8.21. The summed E-state index contributed by atoms with van der Waals surface area (Å²) in [5.41, 5.74) is 5.97. The van der Waals surface area contributed by atoms with Crippen LogP contribution in [0, 0.1) is 23.2 Å². The summed E-state index contributed by atoms with van der Waals surface area (Å²) >= 11 is 0. The third kappa shape index (κ3) is 1.57. The van der Waals surface area contributed by atoms with E-state index in [4.69, 9.17) is 10.2 Å². The molecule has 92 valence electrons. The number of hydrogen-bond donors (Lipinski definition) is 1. The summed E-state index contributed by atoms with van der Waals surface area (Å²) in [6.45, 7) is 0. The van der Waals surface area contributed by atoms with E-state index in [9.17, 15) is 0 Å². The predicted octanol–water partition coefficient (Wildman–Crippen LogP) is 2.41. The molecule has 0 saturated heterocycles. The quantitative estimate of drug-likeness (QED) is 0.852. The SMILES string of the molecule is Nc1nnc(CC23CC4CC(CC(C4)C2)C3)o1. The van der Waals surface area contributed by atoms with Crippen molar-refractivity contribution in [1.29, 1.82) is 0 Å². The van der Waals surface area contributed by atoms with Gasteiger partial charge in [0.25, 0.3) is 0 Å². The Morgan fingerprint density at radius 1 is 1.06 bits per heavy atom. The number of rotatable bonds is 2. The molecule has 4 bridgehead atoms. The molecule has 0 aromatic carbocycles. The number of hydrogen-bond acceptors (Lipinski definition) is 4. The highest BCUT2D eigenvalue weighted by molar-refractivity contribution is 5.08. The van der Waals surface area contributed by atoms with Gasteiger partial charge in [-0.15, -0.1) is 5.10 Å². The van der Waals surface area contributed by atoms with E-state index in [2.05, 4.69) is 10.2 Å². The van der Waals surface area contributed by atoms with Crippen molar-refractivity contribution in [3.05, 3.63) is 5.89 Å². The van der Waals surface area contributed by atoms with Gasteiger partial charge in [-0.25, -0.2) is 0 Å². The maximum atomic E-state index is 5.51. The van der Waals surface area contributed by atoms with Gasteiger partial charge in [0.05, 0.1) is 0 Å². The van der Waals surface area contributed by atoms with Crippen molar-refractivity contribution in [3.63, 3.8) is 0 Å². The molecule has 4 fully saturated rings. The van der Waals surface area contributed by atoms with Crippen LogP contribution in [0.25, 0.3) is 0 Å². The molecule has 4 aliphatic rings. The van der Waals surface area contributed by atoms with E-state index in [1.807, 2.05) is 0 Å². The molecular formula is C13H19N3O. The molecule has 4 nitrogen and oxygen atoms in total. The van der Waals surface area contributed by atoms with E-state index in [-0.39, 0.29) is 6.01 Å². The van der Waals surface area contributed by atoms with Crippen LogP contribution in [0.3, 0.4) is 0 Å². The van der Waals surface area contributed by atoms with Crippen LogP contribution in [0.15, 0.2) is 4.42 Å². The van der Waals surface area contributed by atoms with E-state index in [1.165, 1.54) is 38.5 Å². The Labute approximate surface area is 101 Å². The first-order valence-corrected chi connectivity index (χ1v) is 6.79. The lowest BCUT2D eigenvalue weighted by Crippen LogP contribution is -2.47. The molecule has 0 spiro atoms. The Morgan fingerprint density at radius 3 is 2.12 bits per heavy atom. The average molecular weight is 233 g/mol. The molecule has 17 heavy (non-hydrogen) atoms. The van der Waals surface area contributed by atoms with Crippen LogP contribution in [0.2, 0.25) is 0 Å². The van der Waals surface area contributed by atoms with Crippen LogP contribution in [0.1, 0.15) is 44.4 Å². The van der Waals surface area contributed by atoms with Crippen LogP contribution >= 0.6 is 0 Å². The fourth-order valence-electron chi connectivity index (χ4n) is 5.17. The monoisotopic (exact) mass is 233 g/mol. The second kappa shape index (κ2) is 3.24. The number of aromatic nitrogens is 2. The van der Waals surface area contributed by atoms with Gasteiger partial charge in [0.2, 0.25) is 5.89 Å². The van der Waals surface area contributed by atoms with Gasteiger partial charge in [-0.3, -0.25) is 0 Å². The van der Waals surface area contributed by atoms with E-state index in [1.54, 1.807) is 0 Å². The molecule has 1 aromatic heterocycles. The topological polar surface area (TPSA) is 64.9 Å². The van der Waals surface area contributed by atoms with Crippen molar-refractivity contribution < 1.29 is 4.42 Å². The molecule has 0 unspecified atom stereocenters. The van der Waals surface area contributed by atoms with Gasteiger partial charge < -0.3 is 10.2 Å². The summed E-state index contributed by atoms with van der Waals surface area (Å²) in [4.78, 5) is 0. The first-order valence-electron chi connectivity index (χ1n) is 6.79. The molecule has 0 aliphatic heterocycles. The van der Waals surface area contributed by atoms with E-state index < -0.39 is 0 Å². The smallest absolute Gasteiger partial charge is 0.312 e. The van der Waals surface area contributed by atoms with Crippen molar-refractivity contribution in [2.75, 3.05) is 5.73 Å². The zero-order valence-corrected chi connectivity index (χ0v) is 10.1. The van der Waals surface area contributed by atoms with Gasteiger partial charge in [0, 0.05) is 6.42 Å². The second-order valence-corrected chi connectivity index (χ2v) is 6.63. The molecule has 5 rings (SSSR count). The van der Waals surface area contributed by atoms with Gasteiger partial charge in [-0.05, 0) is 61.7 Å². The molecule has 4 saturated carbocycles. The maximum Gasteiger partial charge on any atom is 0.312 e. The van der Waals surface area contributed by atoms with E-state index in [0.717, 1.165) is 30.1 Å². The molecule has 0 atom stereocenters. The fraction of sp³-hybridized carbons (Fsp3) is 0.846. The van der Waals surface area contributed by atoms with Crippen LogP contribution in [-0.4, -0.2) is 10.2 Å². The summed E-state index contributed by atoms with van der Waals surface area (Å²) < 4.78 is 5.38. The summed E-state index contributed by atoms with van der Waals surface area (Å²) in [6.07, 6.45) is 9.52. The molecule has 1 heterocycles. The molecule has 0 amide bonds. The highest BCUT2D eigenvalue weighted by atomic mass is 16.4. The van der Waals surface area contributed by atoms with Crippen LogP contribution < -0.4 is 5.73 Å². The lowest BCUT2D eigenvalue weighted by Gasteiger charge is -2.56. The Morgan fingerprint density at radius 2 is 1.65 bits per heavy atom. The second-order valence-electron chi connectivity index (χ2n) is 6.63. The molecular weight excluding hydrogens is 214 g/mol. The van der Waals surface area contributed by atoms with Crippen LogP contribution in [0.4, 0.5) is 6.01 Å². The average Bonchev–Trinajstić information content (AvgIpc) is 2.60. The third-order valence-corrected chi connectivity index (χ3v) is 5.17. The lowest BCUT2D eigenvalue weighted by molar-refractivity contribution is -0.0550. The minimum atomic E-state index is 0.213. The number of nitrogens with two attached hydrogens (primary N) is 1. The molecule has 1 aromatic rings. The van der Waals surface area contributed by atoms with Gasteiger partial charge in [-0.1, -0.05) is 5.10 Å². The molecule has 2 N–H and O–H groups in total. The normalized spacial score (nSPS) is 43.2. The van der Waals surface area contributed by atoms with Crippen molar-refractivity contribution >= 4 is 6.01 Å². The highest BCUT2D eigenvalue weighted by Gasteiger charge is 2.51. The van der Waals surface area contributed by atoms with Crippen molar-refractivity contribution in [2.45, 2.75) is 44.9 Å².